The summed E-state index contributed by atoms with van der Waals surface area (Å²) in [5, 5.41) is 23.7. The molecule has 0 radical (unpaired) electrons. The second-order valence-electron chi connectivity index (χ2n) is 7.18. The molecular formula is C18H34N4O5. The Morgan fingerprint density at radius 3 is 2.19 bits per heavy atom. The van der Waals surface area contributed by atoms with E-state index >= 15 is 0 Å². The lowest BCUT2D eigenvalue weighted by Gasteiger charge is -2.43. The molecule has 2 heterocycles. The van der Waals surface area contributed by atoms with Crippen LogP contribution in [0.3, 0.4) is 0 Å². The Hall–Kier alpha value is -1.97. The summed E-state index contributed by atoms with van der Waals surface area (Å²) in [6.07, 6.45) is 2.26. The Balaban J connectivity index is 0.000000997. The maximum Gasteiger partial charge on any atom is 0.290 e. The predicted octanol–water partition coefficient (Wildman–Crippen LogP) is 0.575. The summed E-state index contributed by atoms with van der Waals surface area (Å²) in [6, 6.07) is 0. The van der Waals surface area contributed by atoms with E-state index in [2.05, 4.69) is 54.3 Å². The molecule has 0 aromatic carbocycles. The molecule has 1 atom stereocenters. The Morgan fingerprint density at radius 2 is 1.78 bits per heavy atom. The monoisotopic (exact) mass is 386 g/mol. The number of hydrogen-bond donors (Lipinski definition) is 3. The first kappa shape index (κ1) is 25.0. The van der Waals surface area contributed by atoms with E-state index in [1.807, 2.05) is 0 Å². The van der Waals surface area contributed by atoms with Gasteiger partial charge in [0.2, 0.25) is 0 Å². The van der Waals surface area contributed by atoms with E-state index in [0.717, 1.165) is 50.5 Å². The van der Waals surface area contributed by atoms with Gasteiger partial charge in [0, 0.05) is 31.2 Å². The zero-order valence-corrected chi connectivity index (χ0v) is 17.1. The number of likely N-dealkylation sites (tertiary alicyclic amines) is 1. The molecule has 3 N–H and O–H groups in total. The Morgan fingerprint density at radius 1 is 1.22 bits per heavy atom. The number of carbonyl (C=O) groups is 2. The molecule has 0 spiro atoms. The summed E-state index contributed by atoms with van der Waals surface area (Å²) in [5.41, 5.74) is 2.37. The van der Waals surface area contributed by atoms with Gasteiger partial charge in [0.25, 0.3) is 12.9 Å². The van der Waals surface area contributed by atoms with E-state index in [9.17, 15) is 5.11 Å². The van der Waals surface area contributed by atoms with Crippen LogP contribution in [-0.4, -0.2) is 88.0 Å². The van der Waals surface area contributed by atoms with Crippen molar-refractivity contribution >= 4 is 12.9 Å². The topological polar surface area (TPSA) is 119 Å². The third-order valence-corrected chi connectivity index (χ3v) is 4.80. The van der Waals surface area contributed by atoms with Gasteiger partial charge in [-0.2, -0.15) is 0 Å². The highest BCUT2D eigenvalue weighted by atomic mass is 16.3. The van der Waals surface area contributed by atoms with E-state index in [0.29, 0.717) is 0 Å². The summed E-state index contributed by atoms with van der Waals surface area (Å²) in [5.74, 6) is 1.13. The number of piperidine rings is 1. The largest absolute Gasteiger partial charge is 0.483 e. The first-order valence-electron chi connectivity index (χ1n) is 8.82. The van der Waals surface area contributed by atoms with E-state index in [-0.39, 0.29) is 25.0 Å². The third-order valence-electron chi connectivity index (χ3n) is 4.80. The Labute approximate surface area is 161 Å². The van der Waals surface area contributed by atoms with E-state index in [1.54, 1.807) is 0 Å². The Bertz CT molecular complexity index is 570. The van der Waals surface area contributed by atoms with Crippen LogP contribution < -0.4 is 0 Å². The number of rotatable bonds is 5. The van der Waals surface area contributed by atoms with Crippen LogP contribution in [0.2, 0.25) is 0 Å². The normalized spacial score (nSPS) is 19.5. The zero-order valence-electron chi connectivity index (χ0n) is 17.1. The highest BCUT2D eigenvalue weighted by molar-refractivity contribution is 5.33. The maximum atomic E-state index is 9.90. The first-order valence-corrected chi connectivity index (χ1v) is 8.82. The quantitative estimate of drug-likeness (QED) is 0.629. The van der Waals surface area contributed by atoms with E-state index in [1.165, 1.54) is 5.69 Å². The van der Waals surface area contributed by atoms with Gasteiger partial charge in [-0.25, -0.2) is 4.98 Å². The molecule has 1 aliphatic heterocycles. The fourth-order valence-corrected chi connectivity index (χ4v) is 3.55. The van der Waals surface area contributed by atoms with Crippen LogP contribution in [0, 0.1) is 19.3 Å². The minimum atomic E-state index is -0.250. The summed E-state index contributed by atoms with van der Waals surface area (Å²) >= 11 is 0. The van der Waals surface area contributed by atoms with Crippen LogP contribution in [-0.2, 0) is 23.2 Å². The van der Waals surface area contributed by atoms with E-state index < -0.39 is 0 Å². The van der Waals surface area contributed by atoms with Crippen LogP contribution in [0.4, 0.5) is 0 Å². The average molecular weight is 386 g/mol. The van der Waals surface area contributed by atoms with Crippen LogP contribution in [0.1, 0.15) is 30.1 Å². The lowest BCUT2D eigenvalue weighted by molar-refractivity contribution is -0.123. The van der Waals surface area contributed by atoms with Gasteiger partial charge in [0.1, 0.15) is 5.82 Å². The Kier molecular flexibility index (Phi) is 11.5. The molecule has 27 heavy (non-hydrogen) atoms. The molecule has 1 aromatic heterocycles. The number of aromatic nitrogens is 2. The van der Waals surface area contributed by atoms with Crippen molar-refractivity contribution in [2.45, 2.75) is 33.2 Å². The molecule has 1 aromatic rings. The molecule has 0 aliphatic carbocycles. The molecule has 0 saturated carbocycles. The lowest BCUT2D eigenvalue weighted by atomic mass is 9.80. The van der Waals surface area contributed by atoms with Gasteiger partial charge in [-0.15, -0.1) is 0 Å². The number of carboxylic acid groups (broad SMARTS) is 2. The molecule has 0 amide bonds. The van der Waals surface area contributed by atoms with Gasteiger partial charge in [-0.05, 0) is 47.3 Å². The molecule has 1 saturated heterocycles. The number of nitrogens with zero attached hydrogens (tertiary/aromatic N) is 4. The maximum absolute atomic E-state index is 9.90. The van der Waals surface area contributed by atoms with Crippen molar-refractivity contribution in [2.24, 2.45) is 12.5 Å². The van der Waals surface area contributed by atoms with Gasteiger partial charge in [-0.3, -0.25) is 14.5 Å². The summed E-state index contributed by atoms with van der Waals surface area (Å²) < 4.78 is 2.19. The molecule has 1 aliphatic rings. The fraction of sp³-hybridized carbons (Fsp3) is 0.722. The van der Waals surface area contributed by atoms with Crippen molar-refractivity contribution in [2.75, 3.05) is 40.3 Å². The van der Waals surface area contributed by atoms with Crippen molar-refractivity contribution < 1.29 is 24.9 Å². The van der Waals surface area contributed by atoms with Gasteiger partial charge in [-0.1, -0.05) is 0 Å². The highest BCUT2D eigenvalue weighted by Crippen LogP contribution is 2.31. The minimum Gasteiger partial charge on any atom is -0.483 e. The number of aryl methyl sites for hydroxylation is 1. The van der Waals surface area contributed by atoms with Crippen molar-refractivity contribution in [1.29, 1.82) is 0 Å². The minimum absolute atomic E-state index is 0.0109. The van der Waals surface area contributed by atoms with Gasteiger partial charge >= 0.3 is 0 Å². The molecule has 156 valence electrons. The standard InChI is InChI=1S/C16H30N4O.2CH2O2/c1-13-14(2)19(5)15(17-13)9-20-8-6-7-16(11-20,12-21)10-18(3)4;2*2-1-3/h21H,6-12H2,1-5H3;2*1H,(H,2,3). The SMILES string of the molecule is Cc1nc(CN2CCCC(CO)(CN(C)C)C2)n(C)c1C.O=CO.O=CO. The zero-order chi connectivity index (χ0) is 21.0. The van der Waals surface area contributed by atoms with Crippen molar-refractivity contribution in [3.8, 4) is 0 Å². The van der Waals surface area contributed by atoms with Crippen LogP contribution in [0.5, 0.6) is 0 Å². The smallest absolute Gasteiger partial charge is 0.290 e. The molecule has 1 unspecified atom stereocenters. The summed E-state index contributed by atoms with van der Waals surface area (Å²) in [6.45, 7) is 7.82. The van der Waals surface area contributed by atoms with Crippen molar-refractivity contribution in [1.82, 2.24) is 19.4 Å². The lowest BCUT2D eigenvalue weighted by Crippen LogP contribution is -2.50. The van der Waals surface area contributed by atoms with Crippen LogP contribution in [0.25, 0.3) is 0 Å². The summed E-state index contributed by atoms with van der Waals surface area (Å²) in [7, 11) is 6.26. The average Bonchev–Trinajstić information content (AvgIpc) is 2.83. The molecule has 1 fully saturated rings. The van der Waals surface area contributed by atoms with Crippen molar-refractivity contribution in [3.05, 3.63) is 17.2 Å². The van der Waals surface area contributed by atoms with E-state index in [4.69, 9.17) is 19.8 Å². The van der Waals surface area contributed by atoms with Crippen LogP contribution >= 0.6 is 0 Å². The number of aliphatic hydroxyl groups excluding tert-OH is 1. The highest BCUT2D eigenvalue weighted by Gasteiger charge is 2.35. The predicted molar refractivity (Wildman–Crippen MR) is 103 cm³/mol. The number of hydrogen-bond acceptors (Lipinski definition) is 6. The van der Waals surface area contributed by atoms with Gasteiger partial charge in [0.05, 0.1) is 18.8 Å². The fourth-order valence-electron chi connectivity index (χ4n) is 3.55. The van der Waals surface area contributed by atoms with Gasteiger partial charge in [0.15, 0.2) is 0 Å². The second-order valence-corrected chi connectivity index (χ2v) is 7.18. The first-order chi connectivity index (χ1) is 12.7. The second kappa shape index (κ2) is 12.4. The van der Waals surface area contributed by atoms with Gasteiger partial charge < -0.3 is 24.8 Å². The van der Waals surface area contributed by atoms with Crippen LogP contribution in [0.15, 0.2) is 0 Å². The molecule has 0 bridgehead atoms. The third kappa shape index (κ3) is 8.06. The number of imidazole rings is 1. The molecular weight excluding hydrogens is 352 g/mol. The molecule has 2 rings (SSSR count). The van der Waals surface area contributed by atoms with Crippen molar-refractivity contribution in [3.63, 3.8) is 0 Å². The molecule has 9 nitrogen and oxygen atoms in total. The molecule has 9 heteroatoms. The number of aliphatic hydroxyl groups is 1. The summed E-state index contributed by atoms with van der Waals surface area (Å²) in [4.78, 5) is 26.0.